The maximum absolute atomic E-state index is 10.2. The minimum Gasteiger partial charge on any atom is -0.504 e. The predicted molar refractivity (Wildman–Crippen MR) is 107 cm³/mol. The van der Waals surface area contributed by atoms with Gasteiger partial charge in [0.15, 0.2) is 24.2 Å². The Labute approximate surface area is 159 Å². The van der Waals surface area contributed by atoms with Gasteiger partial charge in [-0.15, -0.1) is 0 Å². The van der Waals surface area contributed by atoms with Crippen molar-refractivity contribution in [2.45, 2.75) is 13.5 Å². The van der Waals surface area contributed by atoms with E-state index in [1.54, 1.807) is 6.07 Å². The molecule has 5 nitrogen and oxygen atoms in total. The van der Waals surface area contributed by atoms with Crippen molar-refractivity contribution in [1.82, 2.24) is 4.98 Å². The number of aromatic nitrogens is 2. The number of phenolic OH excluding ortho intramolecular Hbond substituents is 1. The molecular formula is C22H24N3O2+. The SMILES string of the molecule is COc1cccc(/C=C/c2cc[n+](CCN)c(-c3cc(C)ccn3)c2)c1O. The van der Waals surface area contributed by atoms with Crippen LogP contribution in [-0.4, -0.2) is 23.7 Å². The van der Waals surface area contributed by atoms with Gasteiger partial charge in [-0.2, -0.15) is 4.57 Å². The van der Waals surface area contributed by atoms with E-state index in [0.29, 0.717) is 24.4 Å². The summed E-state index contributed by atoms with van der Waals surface area (Å²) in [4.78, 5) is 4.51. The molecule has 0 aliphatic carbocycles. The summed E-state index contributed by atoms with van der Waals surface area (Å²) in [5.41, 5.74) is 10.5. The first-order chi connectivity index (χ1) is 13.1. The summed E-state index contributed by atoms with van der Waals surface area (Å²) in [6.07, 6.45) is 7.65. The third-order valence-corrected chi connectivity index (χ3v) is 4.31. The smallest absolute Gasteiger partial charge is 0.231 e. The zero-order chi connectivity index (χ0) is 19.2. The molecule has 2 heterocycles. The zero-order valence-corrected chi connectivity index (χ0v) is 15.6. The molecule has 0 amide bonds. The number of ether oxygens (including phenoxy) is 1. The van der Waals surface area contributed by atoms with E-state index >= 15 is 0 Å². The number of hydrogen-bond donors (Lipinski definition) is 2. The van der Waals surface area contributed by atoms with Crippen LogP contribution in [0.25, 0.3) is 23.5 Å². The van der Waals surface area contributed by atoms with Crippen LogP contribution >= 0.6 is 0 Å². The summed E-state index contributed by atoms with van der Waals surface area (Å²) in [7, 11) is 1.54. The summed E-state index contributed by atoms with van der Waals surface area (Å²) in [5, 5.41) is 10.2. The Kier molecular flexibility index (Phi) is 5.84. The molecule has 3 rings (SSSR count). The summed E-state index contributed by atoms with van der Waals surface area (Å²) in [6.45, 7) is 3.32. The molecule has 0 unspecified atom stereocenters. The Hall–Kier alpha value is -3.18. The number of pyridine rings is 2. The molecule has 3 aromatic rings. The molecule has 0 radical (unpaired) electrons. The van der Waals surface area contributed by atoms with Crippen LogP contribution in [0.3, 0.4) is 0 Å². The lowest BCUT2D eigenvalue weighted by molar-refractivity contribution is -0.683. The third kappa shape index (κ3) is 4.33. The molecule has 3 N–H and O–H groups in total. The Morgan fingerprint density at radius 3 is 2.78 bits per heavy atom. The fourth-order valence-corrected chi connectivity index (χ4v) is 2.90. The van der Waals surface area contributed by atoms with E-state index in [1.165, 1.54) is 7.11 Å². The Morgan fingerprint density at radius 2 is 2.04 bits per heavy atom. The number of aryl methyl sites for hydroxylation is 1. The van der Waals surface area contributed by atoms with E-state index in [1.807, 2.05) is 55.7 Å². The molecule has 1 aromatic carbocycles. The molecule has 0 saturated heterocycles. The van der Waals surface area contributed by atoms with Crippen LogP contribution in [-0.2, 0) is 6.54 Å². The molecule has 0 spiro atoms. The second-order valence-electron chi connectivity index (χ2n) is 6.28. The van der Waals surface area contributed by atoms with Crippen molar-refractivity contribution in [3.63, 3.8) is 0 Å². The van der Waals surface area contributed by atoms with E-state index in [4.69, 9.17) is 10.5 Å². The number of methoxy groups -OCH3 is 1. The summed E-state index contributed by atoms with van der Waals surface area (Å²) < 4.78 is 7.26. The molecular weight excluding hydrogens is 338 g/mol. The average Bonchev–Trinajstić information content (AvgIpc) is 2.68. The Morgan fingerprint density at radius 1 is 1.19 bits per heavy atom. The highest BCUT2D eigenvalue weighted by molar-refractivity contribution is 5.74. The van der Waals surface area contributed by atoms with Gasteiger partial charge in [-0.25, -0.2) is 4.98 Å². The largest absolute Gasteiger partial charge is 0.504 e. The summed E-state index contributed by atoms with van der Waals surface area (Å²) in [6, 6.07) is 13.5. The number of rotatable bonds is 6. The first kappa shape index (κ1) is 18.6. The highest BCUT2D eigenvalue weighted by Gasteiger charge is 2.14. The van der Waals surface area contributed by atoms with Gasteiger partial charge in [0.05, 0.1) is 13.7 Å². The summed E-state index contributed by atoms with van der Waals surface area (Å²) in [5.74, 6) is 0.585. The normalized spacial score (nSPS) is 11.1. The Bertz CT molecular complexity index is 968. The number of para-hydroxylation sites is 1. The molecule has 0 bridgehead atoms. The topological polar surface area (TPSA) is 72.2 Å². The number of aromatic hydroxyl groups is 1. The lowest BCUT2D eigenvalue weighted by Gasteiger charge is -2.06. The van der Waals surface area contributed by atoms with Crippen molar-refractivity contribution in [3.8, 4) is 22.9 Å². The fourth-order valence-electron chi connectivity index (χ4n) is 2.90. The van der Waals surface area contributed by atoms with Crippen molar-refractivity contribution in [1.29, 1.82) is 0 Å². The van der Waals surface area contributed by atoms with Crippen molar-refractivity contribution < 1.29 is 14.4 Å². The molecule has 0 atom stereocenters. The highest BCUT2D eigenvalue weighted by Crippen LogP contribution is 2.30. The molecule has 0 aliphatic rings. The van der Waals surface area contributed by atoms with E-state index in [9.17, 15) is 5.11 Å². The molecule has 27 heavy (non-hydrogen) atoms. The average molecular weight is 362 g/mol. The molecule has 138 valence electrons. The minimum absolute atomic E-state index is 0.131. The second-order valence-corrected chi connectivity index (χ2v) is 6.28. The van der Waals surface area contributed by atoms with Gasteiger partial charge in [-0.1, -0.05) is 24.3 Å². The monoisotopic (exact) mass is 362 g/mol. The zero-order valence-electron chi connectivity index (χ0n) is 15.6. The first-order valence-electron chi connectivity index (χ1n) is 8.83. The van der Waals surface area contributed by atoms with Crippen molar-refractivity contribution in [2.75, 3.05) is 13.7 Å². The van der Waals surface area contributed by atoms with Crippen LogP contribution in [0.4, 0.5) is 0 Å². The number of benzene rings is 1. The predicted octanol–water partition coefficient (Wildman–Crippen LogP) is 3.19. The van der Waals surface area contributed by atoms with Gasteiger partial charge in [0, 0.05) is 23.9 Å². The van der Waals surface area contributed by atoms with E-state index < -0.39 is 0 Å². The quantitative estimate of drug-likeness (QED) is 0.661. The maximum Gasteiger partial charge on any atom is 0.231 e. The molecule has 5 heteroatoms. The third-order valence-electron chi connectivity index (χ3n) is 4.31. The minimum atomic E-state index is 0.131. The molecule has 0 fully saturated rings. The van der Waals surface area contributed by atoms with Gasteiger partial charge in [0.2, 0.25) is 5.69 Å². The number of nitrogens with two attached hydrogens (primary N) is 1. The van der Waals surface area contributed by atoms with Gasteiger partial charge >= 0.3 is 0 Å². The summed E-state index contributed by atoms with van der Waals surface area (Å²) >= 11 is 0. The standard InChI is InChI=1S/C22H23N3O2/c1-16-8-11-24-19(14-16)20-15-17(9-12-25(20)13-10-23)6-7-18-4-3-5-21(27-2)22(18)26/h3-9,11-12,14-15H,10,13,23H2,1-2H3/p+1. The van der Waals surface area contributed by atoms with Crippen LogP contribution in [0.5, 0.6) is 11.5 Å². The van der Waals surface area contributed by atoms with Crippen LogP contribution in [0, 0.1) is 6.92 Å². The maximum atomic E-state index is 10.2. The number of phenols is 1. The van der Waals surface area contributed by atoms with Gasteiger partial charge in [-0.05, 0) is 36.2 Å². The lowest BCUT2D eigenvalue weighted by atomic mass is 10.1. The van der Waals surface area contributed by atoms with Crippen molar-refractivity contribution >= 4 is 12.2 Å². The van der Waals surface area contributed by atoms with Crippen LogP contribution in [0.1, 0.15) is 16.7 Å². The number of hydrogen-bond acceptors (Lipinski definition) is 4. The first-order valence-corrected chi connectivity index (χ1v) is 8.83. The van der Waals surface area contributed by atoms with E-state index in [-0.39, 0.29) is 5.75 Å². The number of nitrogens with zero attached hydrogens (tertiary/aromatic N) is 2. The lowest BCUT2D eigenvalue weighted by Crippen LogP contribution is -2.39. The highest BCUT2D eigenvalue weighted by atomic mass is 16.5. The molecule has 2 aromatic heterocycles. The fraction of sp³-hybridized carbons (Fsp3) is 0.182. The van der Waals surface area contributed by atoms with E-state index in [0.717, 1.165) is 22.5 Å². The van der Waals surface area contributed by atoms with Gasteiger partial charge < -0.3 is 15.6 Å². The van der Waals surface area contributed by atoms with Gasteiger partial charge in [0.1, 0.15) is 5.69 Å². The van der Waals surface area contributed by atoms with E-state index in [2.05, 4.69) is 21.7 Å². The molecule has 0 saturated carbocycles. The van der Waals surface area contributed by atoms with Crippen molar-refractivity contribution in [3.05, 3.63) is 71.5 Å². The van der Waals surface area contributed by atoms with Gasteiger partial charge in [0.25, 0.3) is 0 Å². The van der Waals surface area contributed by atoms with Crippen molar-refractivity contribution in [2.24, 2.45) is 5.73 Å². The van der Waals surface area contributed by atoms with Crippen LogP contribution in [0.2, 0.25) is 0 Å². The van der Waals surface area contributed by atoms with Crippen LogP contribution < -0.4 is 15.0 Å². The second kappa shape index (κ2) is 8.47. The molecule has 0 aliphatic heterocycles. The van der Waals surface area contributed by atoms with Crippen LogP contribution in [0.15, 0.2) is 54.9 Å². The Balaban J connectivity index is 1.99. The van der Waals surface area contributed by atoms with Gasteiger partial charge in [-0.3, -0.25) is 0 Å².